The number of esters is 2. The Labute approximate surface area is 177 Å². The van der Waals surface area contributed by atoms with Crippen molar-refractivity contribution in [1.29, 1.82) is 0 Å². The van der Waals surface area contributed by atoms with Crippen molar-refractivity contribution >= 4 is 35.3 Å². The van der Waals surface area contributed by atoms with Gasteiger partial charge in [-0.05, 0) is 36.8 Å². The summed E-state index contributed by atoms with van der Waals surface area (Å²) in [7, 11) is 2.40. The van der Waals surface area contributed by atoms with Gasteiger partial charge in [0.2, 0.25) is 5.91 Å². The summed E-state index contributed by atoms with van der Waals surface area (Å²) in [5.74, 6) is -2.52. The largest absolute Gasteiger partial charge is 0.465 e. The van der Waals surface area contributed by atoms with Crippen LogP contribution in [0.2, 0.25) is 0 Å². The number of fused-ring (bicyclic) bond motifs is 1. The van der Waals surface area contributed by atoms with Crippen LogP contribution in [0.4, 0.5) is 5.69 Å². The van der Waals surface area contributed by atoms with Crippen LogP contribution in [0.25, 0.3) is 0 Å². The number of amides is 3. The highest BCUT2D eigenvalue weighted by Gasteiger charge is 2.34. The van der Waals surface area contributed by atoms with Crippen LogP contribution < -0.4 is 5.32 Å². The van der Waals surface area contributed by atoms with Gasteiger partial charge in [0.15, 0.2) is 0 Å². The molecular weight excluding hydrogens is 404 g/mol. The highest BCUT2D eigenvalue weighted by atomic mass is 16.5. The Morgan fingerprint density at radius 3 is 1.87 bits per heavy atom. The first-order chi connectivity index (χ1) is 14.8. The normalized spacial score (nSPS) is 12.4. The van der Waals surface area contributed by atoms with Gasteiger partial charge >= 0.3 is 11.9 Å². The van der Waals surface area contributed by atoms with Gasteiger partial charge in [-0.15, -0.1) is 0 Å². The van der Waals surface area contributed by atoms with Crippen LogP contribution in [0.1, 0.15) is 54.3 Å². The number of carbonyl (C=O) groups is 5. The Morgan fingerprint density at radius 1 is 0.871 bits per heavy atom. The van der Waals surface area contributed by atoms with E-state index in [-0.39, 0.29) is 48.0 Å². The molecule has 0 fully saturated rings. The van der Waals surface area contributed by atoms with Crippen molar-refractivity contribution in [2.75, 3.05) is 26.1 Å². The summed E-state index contributed by atoms with van der Waals surface area (Å²) < 4.78 is 9.32. The number of ether oxygens (including phenoxy) is 2. The summed E-state index contributed by atoms with van der Waals surface area (Å²) in [5.41, 5.74) is 1.08. The second-order valence-electron chi connectivity index (χ2n) is 6.74. The molecule has 0 bridgehead atoms. The van der Waals surface area contributed by atoms with Gasteiger partial charge in [-0.1, -0.05) is 12.1 Å². The van der Waals surface area contributed by atoms with Gasteiger partial charge in [0, 0.05) is 18.7 Å². The number of hydrogen-bond donors (Lipinski definition) is 1. The first-order valence-electron chi connectivity index (χ1n) is 9.42. The maximum absolute atomic E-state index is 12.4. The molecule has 2 aromatic carbocycles. The van der Waals surface area contributed by atoms with E-state index in [1.807, 2.05) is 0 Å². The molecule has 0 unspecified atom stereocenters. The van der Waals surface area contributed by atoms with E-state index in [4.69, 9.17) is 0 Å². The molecule has 3 amide bonds. The molecule has 0 atom stereocenters. The predicted octanol–water partition coefficient (Wildman–Crippen LogP) is 2.27. The maximum atomic E-state index is 12.4. The van der Waals surface area contributed by atoms with Gasteiger partial charge in [0.25, 0.3) is 11.8 Å². The van der Waals surface area contributed by atoms with Gasteiger partial charge in [-0.2, -0.15) is 0 Å². The molecule has 1 aliphatic rings. The Balaban J connectivity index is 1.62. The smallest absolute Gasteiger partial charge is 0.337 e. The Hall–Kier alpha value is -4.01. The summed E-state index contributed by atoms with van der Waals surface area (Å²) in [4.78, 5) is 61.8. The molecule has 1 heterocycles. The van der Waals surface area contributed by atoms with E-state index in [1.165, 1.54) is 32.4 Å². The van der Waals surface area contributed by atoms with Gasteiger partial charge < -0.3 is 14.8 Å². The topological polar surface area (TPSA) is 119 Å². The summed E-state index contributed by atoms with van der Waals surface area (Å²) in [6.07, 6.45) is 0.265. The van der Waals surface area contributed by atoms with E-state index in [2.05, 4.69) is 14.8 Å². The number of benzene rings is 2. The molecule has 3 rings (SSSR count). The molecule has 1 N–H and O–H groups in total. The van der Waals surface area contributed by atoms with Crippen molar-refractivity contribution < 1.29 is 33.4 Å². The number of methoxy groups -OCH3 is 2. The van der Waals surface area contributed by atoms with E-state index in [1.54, 1.807) is 24.3 Å². The Kier molecular flexibility index (Phi) is 6.44. The highest BCUT2D eigenvalue weighted by molar-refractivity contribution is 6.21. The highest BCUT2D eigenvalue weighted by Crippen LogP contribution is 2.23. The molecule has 160 valence electrons. The summed E-state index contributed by atoms with van der Waals surface area (Å²) in [5, 5.41) is 2.60. The summed E-state index contributed by atoms with van der Waals surface area (Å²) >= 11 is 0. The average Bonchev–Trinajstić information content (AvgIpc) is 3.02. The number of anilines is 1. The molecule has 0 radical (unpaired) electrons. The number of nitrogens with one attached hydrogen (secondary N) is 1. The van der Waals surface area contributed by atoms with Crippen LogP contribution in [0.5, 0.6) is 0 Å². The molecule has 2 aromatic rings. The summed E-state index contributed by atoms with van der Waals surface area (Å²) in [6, 6.07) is 10.6. The monoisotopic (exact) mass is 424 g/mol. The third-order valence-electron chi connectivity index (χ3n) is 4.72. The van der Waals surface area contributed by atoms with Crippen LogP contribution >= 0.6 is 0 Å². The second kappa shape index (κ2) is 9.21. The van der Waals surface area contributed by atoms with Crippen LogP contribution in [-0.2, 0) is 14.3 Å². The first kappa shape index (κ1) is 21.7. The lowest BCUT2D eigenvalue weighted by molar-refractivity contribution is -0.116. The van der Waals surface area contributed by atoms with E-state index < -0.39 is 17.8 Å². The lowest BCUT2D eigenvalue weighted by Crippen LogP contribution is -2.31. The zero-order valence-electron chi connectivity index (χ0n) is 17.0. The molecule has 0 saturated heterocycles. The molecular formula is C22H20N2O7. The second-order valence-corrected chi connectivity index (χ2v) is 6.74. The predicted molar refractivity (Wildman–Crippen MR) is 109 cm³/mol. The minimum absolute atomic E-state index is 0.0173. The lowest BCUT2D eigenvalue weighted by atomic mass is 10.1. The zero-order chi connectivity index (χ0) is 22.5. The van der Waals surface area contributed by atoms with E-state index in [9.17, 15) is 24.0 Å². The van der Waals surface area contributed by atoms with Gasteiger partial charge in [0.05, 0.1) is 36.5 Å². The van der Waals surface area contributed by atoms with E-state index in [0.717, 1.165) is 4.90 Å². The van der Waals surface area contributed by atoms with E-state index >= 15 is 0 Å². The number of nitrogens with zero attached hydrogens (tertiary/aromatic N) is 1. The minimum Gasteiger partial charge on any atom is -0.465 e. The lowest BCUT2D eigenvalue weighted by Gasteiger charge is -2.14. The van der Waals surface area contributed by atoms with Crippen LogP contribution in [0, 0.1) is 0 Å². The van der Waals surface area contributed by atoms with Crippen molar-refractivity contribution in [3.8, 4) is 0 Å². The van der Waals surface area contributed by atoms with Crippen LogP contribution in [0.15, 0.2) is 42.5 Å². The maximum Gasteiger partial charge on any atom is 0.337 e. The molecule has 0 aromatic heterocycles. The molecule has 9 nitrogen and oxygen atoms in total. The van der Waals surface area contributed by atoms with Gasteiger partial charge in [-0.25, -0.2) is 9.59 Å². The Morgan fingerprint density at radius 2 is 1.39 bits per heavy atom. The molecule has 31 heavy (non-hydrogen) atoms. The number of hydrogen-bond acceptors (Lipinski definition) is 7. The fourth-order valence-corrected chi connectivity index (χ4v) is 3.23. The van der Waals surface area contributed by atoms with Crippen LogP contribution in [-0.4, -0.2) is 55.3 Å². The molecule has 1 aliphatic heterocycles. The van der Waals surface area contributed by atoms with Crippen molar-refractivity contribution in [2.24, 2.45) is 0 Å². The third kappa shape index (κ3) is 4.61. The number of rotatable bonds is 7. The average molecular weight is 424 g/mol. The fraction of sp³-hybridized carbons (Fsp3) is 0.227. The van der Waals surface area contributed by atoms with Crippen molar-refractivity contribution in [2.45, 2.75) is 12.8 Å². The molecule has 0 aliphatic carbocycles. The SMILES string of the molecule is COC(=O)c1cc(NC(=O)CCCN2C(=O)c3ccccc3C2=O)cc(C(=O)OC)c1. The van der Waals surface area contributed by atoms with E-state index in [0.29, 0.717) is 11.1 Å². The first-order valence-corrected chi connectivity index (χ1v) is 9.42. The van der Waals surface area contributed by atoms with Crippen molar-refractivity contribution in [3.05, 3.63) is 64.7 Å². The van der Waals surface area contributed by atoms with Crippen LogP contribution in [0.3, 0.4) is 0 Å². The Bertz CT molecular complexity index is 1010. The van der Waals surface area contributed by atoms with Crippen molar-refractivity contribution in [1.82, 2.24) is 4.90 Å². The van der Waals surface area contributed by atoms with Gasteiger partial charge in [-0.3, -0.25) is 19.3 Å². The molecule has 0 saturated carbocycles. The molecule has 9 heteroatoms. The number of carbonyl (C=O) groups excluding carboxylic acids is 5. The van der Waals surface area contributed by atoms with Gasteiger partial charge in [0.1, 0.15) is 0 Å². The number of imide groups is 1. The molecule has 0 spiro atoms. The standard InChI is InChI=1S/C22H20N2O7/c1-30-21(28)13-10-14(22(29)31-2)12-15(11-13)23-18(25)8-5-9-24-19(26)16-6-3-4-7-17(16)20(24)27/h3-4,6-7,10-12H,5,8-9H2,1-2H3,(H,23,25). The minimum atomic E-state index is -0.674. The quantitative estimate of drug-likeness (QED) is 0.535. The van der Waals surface area contributed by atoms with Crippen molar-refractivity contribution in [3.63, 3.8) is 0 Å². The third-order valence-corrected chi connectivity index (χ3v) is 4.72. The fourth-order valence-electron chi connectivity index (χ4n) is 3.23. The zero-order valence-corrected chi connectivity index (χ0v) is 17.0. The summed E-state index contributed by atoms with van der Waals surface area (Å²) in [6.45, 7) is 0.0926.